The van der Waals surface area contributed by atoms with E-state index in [0.717, 1.165) is 4.31 Å². The normalized spacial score (nSPS) is 12.4. The van der Waals surface area contributed by atoms with Crippen molar-refractivity contribution in [2.24, 2.45) is 0 Å². The van der Waals surface area contributed by atoms with Crippen LogP contribution in [-0.4, -0.2) is 25.4 Å². The van der Waals surface area contributed by atoms with Gasteiger partial charge in [-0.2, -0.15) is 0 Å². The van der Waals surface area contributed by atoms with Crippen molar-refractivity contribution in [2.45, 2.75) is 6.92 Å². The lowest BCUT2D eigenvalue weighted by Gasteiger charge is -2.20. The molecule has 0 radical (unpaired) electrons. The van der Waals surface area contributed by atoms with Crippen molar-refractivity contribution in [3.8, 4) is 0 Å². The maximum atomic E-state index is 12.6. The van der Waals surface area contributed by atoms with E-state index >= 15 is 0 Å². The SMILES string of the molecule is C=C/C=C(\C=C/C)S(=O)(=O)N(C)c1ncnc(Cl)c1C=C. The summed E-state index contributed by atoms with van der Waals surface area (Å²) < 4.78 is 26.3. The van der Waals surface area contributed by atoms with Crippen LogP contribution in [0.1, 0.15) is 12.5 Å². The molecule has 1 rings (SSSR count). The molecule has 0 saturated carbocycles. The van der Waals surface area contributed by atoms with Crippen LogP contribution in [0.5, 0.6) is 0 Å². The fourth-order valence-electron chi connectivity index (χ4n) is 1.57. The molecular formula is C14H16ClN3O2S. The molecular weight excluding hydrogens is 310 g/mol. The van der Waals surface area contributed by atoms with Crippen molar-refractivity contribution in [1.29, 1.82) is 0 Å². The van der Waals surface area contributed by atoms with Gasteiger partial charge in [0.1, 0.15) is 11.5 Å². The van der Waals surface area contributed by atoms with Gasteiger partial charge in [-0.15, -0.1) is 0 Å². The predicted octanol–water partition coefficient (Wildman–Crippen LogP) is 3.19. The maximum absolute atomic E-state index is 12.6. The molecule has 0 fully saturated rings. The molecule has 112 valence electrons. The Morgan fingerprint density at radius 2 is 2.05 bits per heavy atom. The van der Waals surface area contributed by atoms with E-state index in [1.54, 1.807) is 13.0 Å². The number of sulfonamides is 1. The highest BCUT2D eigenvalue weighted by Crippen LogP contribution is 2.27. The second-order valence-electron chi connectivity index (χ2n) is 3.88. The monoisotopic (exact) mass is 325 g/mol. The highest BCUT2D eigenvalue weighted by atomic mass is 35.5. The van der Waals surface area contributed by atoms with Gasteiger partial charge in [0, 0.05) is 7.05 Å². The minimum absolute atomic E-state index is 0.0900. The van der Waals surface area contributed by atoms with Crippen LogP contribution in [0.15, 0.2) is 48.7 Å². The van der Waals surface area contributed by atoms with E-state index in [4.69, 9.17) is 11.6 Å². The Hall–Kier alpha value is -1.92. The van der Waals surface area contributed by atoms with Crippen molar-refractivity contribution >= 4 is 33.5 Å². The average Bonchev–Trinajstić information content (AvgIpc) is 2.45. The molecule has 0 aliphatic rings. The number of rotatable bonds is 6. The van der Waals surface area contributed by atoms with E-state index in [2.05, 4.69) is 23.1 Å². The standard InChI is InChI=1S/C14H16ClN3O2S/c1-5-8-11(9-6-2)21(19,20)18(4)14-12(7-3)13(15)16-10-17-14/h5-10H,1,3H2,2,4H3/b9-6-,11-8+. The van der Waals surface area contributed by atoms with Crippen LogP contribution in [0.4, 0.5) is 5.82 Å². The first kappa shape index (κ1) is 17.1. The van der Waals surface area contributed by atoms with Crippen LogP contribution in [-0.2, 0) is 10.0 Å². The largest absolute Gasteiger partial charge is 0.265 e. The molecule has 0 aliphatic heterocycles. The third kappa shape index (κ3) is 3.59. The second kappa shape index (κ2) is 7.19. The summed E-state index contributed by atoms with van der Waals surface area (Å²) in [6.07, 6.45) is 8.52. The Balaban J connectivity index is 3.46. The summed E-state index contributed by atoms with van der Waals surface area (Å²) in [4.78, 5) is 7.88. The van der Waals surface area contributed by atoms with E-state index in [0.29, 0.717) is 5.56 Å². The highest BCUT2D eigenvalue weighted by molar-refractivity contribution is 7.96. The van der Waals surface area contributed by atoms with Crippen LogP contribution in [0, 0.1) is 0 Å². The van der Waals surface area contributed by atoms with Gasteiger partial charge in [-0.25, -0.2) is 18.4 Å². The third-order valence-corrected chi connectivity index (χ3v) is 4.65. The minimum atomic E-state index is -3.79. The Kier molecular flexibility index (Phi) is 5.87. The van der Waals surface area contributed by atoms with Gasteiger partial charge in [0.15, 0.2) is 5.82 Å². The zero-order valence-electron chi connectivity index (χ0n) is 11.8. The number of hydrogen-bond donors (Lipinski definition) is 0. The molecule has 0 bridgehead atoms. The van der Waals surface area contributed by atoms with E-state index in [-0.39, 0.29) is 15.9 Å². The molecule has 0 atom stereocenters. The van der Waals surface area contributed by atoms with Crippen molar-refractivity contribution < 1.29 is 8.42 Å². The highest BCUT2D eigenvalue weighted by Gasteiger charge is 2.25. The molecule has 0 amide bonds. The molecule has 0 aliphatic carbocycles. The molecule has 0 spiro atoms. The van der Waals surface area contributed by atoms with Crippen molar-refractivity contribution in [1.82, 2.24) is 9.97 Å². The minimum Gasteiger partial charge on any atom is -0.252 e. The van der Waals surface area contributed by atoms with Crippen LogP contribution >= 0.6 is 11.6 Å². The summed E-state index contributed by atoms with van der Waals surface area (Å²) in [7, 11) is -2.40. The Morgan fingerprint density at radius 3 is 2.57 bits per heavy atom. The fourth-order valence-corrected chi connectivity index (χ4v) is 3.04. The molecule has 1 heterocycles. The first-order chi connectivity index (χ1) is 9.89. The zero-order chi connectivity index (χ0) is 16.0. The summed E-state index contributed by atoms with van der Waals surface area (Å²) in [5.41, 5.74) is 0.351. The van der Waals surface area contributed by atoms with Crippen LogP contribution < -0.4 is 4.31 Å². The lowest BCUT2D eigenvalue weighted by atomic mass is 10.3. The van der Waals surface area contributed by atoms with Gasteiger partial charge < -0.3 is 0 Å². The molecule has 1 aromatic rings. The molecule has 0 aromatic carbocycles. The molecule has 5 nitrogen and oxygen atoms in total. The topological polar surface area (TPSA) is 63.2 Å². The molecule has 0 N–H and O–H groups in total. The molecule has 0 unspecified atom stereocenters. The fraction of sp³-hybridized carbons (Fsp3) is 0.143. The number of halogens is 1. The van der Waals surface area contributed by atoms with Crippen LogP contribution in [0.25, 0.3) is 6.08 Å². The predicted molar refractivity (Wildman–Crippen MR) is 87.5 cm³/mol. The van der Waals surface area contributed by atoms with E-state index in [9.17, 15) is 8.42 Å². The Bertz CT molecular complexity index is 709. The third-order valence-electron chi connectivity index (χ3n) is 2.59. The summed E-state index contributed by atoms with van der Waals surface area (Å²) in [5.74, 6) is 0.157. The molecule has 21 heavy (non-hydrogen) atoms. The maximum Gasteiger partial charge on any atom is 0.265 e. The van der Waals surface area contributed by atoms with Gasteiger partial charge in [0.2, 0.25) is 0 Å². The lowest BCUT2D eigenvalue weighted by molar-refractivity contribution is 0.601. The number of nitrogens with zero attached hydrogens (tertiary/aromatic N) is 3. The lowest BCUT2D eigenvalue weighted by Crippen LogP contribution is -2.29. The van der Waals surface area contributed by atoms with Crippen LogP contribution in [0.2, 0.25) is 5.15 Å². The van der Waals surface area contributed by atoms with Crippen molar-refractivity contribution in [3.05, 3.63) is 59.4 Å². The first-order valence-electron chi connectivity index (χ1n) is 5.97. The van der Waals surface area contributed by atoms with Gasteiger partial charge in [-0.05, 0) is 19.1 Å². The summed E-state index contributed by atoms with van der Waals surface area (Å²) in [6.45, 7) is 8.85. The van der Waals surface area contributed by atoms with Gasteiger partial charge in [0.05, 0.1) is 10.5 Å². The Morgan fingerprint density at radius 1 is 1.38 bits per heavy atom. The van der Waals surface area contributed by atoms with Gasteiger partial charge in [-0.3, -0.25) is 4.31 Å². The van der Waals surface area contributed by atoms with Crippen LogP contribution in [0.3, 0.4) is 0 Å². The summed E-state index contributed by atoms with van der Waals surface area (Å²) in [6, 6.07) is 0. The zero-order valence-corrected chi connectivity index (χ0v) is 13.4. The smallest absolute Gasteiger partial charge is 0.252 e. The van der Waals surface area contributed by atoms with Gasteiger partial charge in [0.25, 0.3) is 10.0 Å². The van der Waals surface area contributed by atoms with Gasteiger partial charge >= 0.3 is 0 Å². The van der Waals surface area contributed by atoms with Gasteiger partial charge in [-0.1, -0.05) is 43.0 Å². The average molecular weight is 326 g/mol. The summed E-state index contributed by atoms with van der Waals surface area (Å²) >= 11 is 5.94. The first-order valence-corrected chi connectivity index (χ1v) is 7.79. The number of aromatic nitrogens is 2. The van der Waals surface area contributed by atoms with Crippen molar-refractivity contribution in [2.75, 3.05) is 11.4 Å². The Labute approximate surface area is 130 Å². The quantitative estimate of drug-likeness (QED) is 0.595. The number of hydrogen-bond acceptors (Lipinski definition) is 4. The molecule has 0 saturated heterocycles. The van der Waals surface area contributed by atoms with E-state index < -0.39 is 10.0 Å². The number of allylic oxidation sites excluding steroid dienone is 4. The second-order valence-corrected chi connectivity index (χ2v) is 6.21. The molecule has 1 aromatic heterocycles. The number of anilines is 1. The summed E-state index contributed by atoms with van der Waals surface area (Å²) in [5, 5.41) is 0.136. The van der Waals surface area contributed by atoms with Crippen molar-refractivity contribution in [3.63, 3.8) is 0 Å². The van der Waals surface area contributed by atoms with E-state index in [1.807, 2.05) is 0 Å². The molecule has 7 heteroatoms. The van der Waals surface area contributed by atoms with E-state index in [1.165, 1.54) is 37.7 Å².